The van der Waals surface area contributed by atoms with E-state index in [1.165, 1.54) is 12.7 Å². The third-order valence-corrected chi connectivity index (χ3v) is 1.09. The van der Waals surface area contributed by atoms with Gasteiger partial charge in [0.05, 0.1) is 11.8 Å². The first-order chi connectivity index (χ1) is 4.97. The minimum absolute atomic E-state index is 0.612. The molecule has 49 valence electrons. The first kappa shape index (κ1) is 5.22. The summed E-state index contributed by atoms with van der Waals surface area (Å²) in [5, 5.41) is 3.39. The van der Waals surface area contributed by atoms with Crippen molar-refractivity contribution in [2.24, 2.45) is 0 Å². The second kappa shape index (κ2) is 1.98. The van der Waals surface area contributed by atoms with Crippen LogP contribution in [0, 0.1) is 6.20 Å². The van der Waals surface area contributed by atoms with Gasteiger partial charge in [0, 0.05) is 0 Å². The lowest BCUT2D eigenvalue weighted by Gasteiger charge is -1.79. The predicted octanol–water partition coefficient (Wildman–Crippen LogP) is 1.13. The summed E-state index contributed by atoms with van der Waals surface area (Å²) in [5.74, 6) is 0.612. The Kier molecular flexibility index (Phi) is 1.04. The number of rotatable bonds is 1. The van der Waals surface area contributed by atoms with Crippen LogP contribution in [-0.2, 0) is 0 Å². The molecule has 0 atom stereocenters. The first-order valence-corrected chi connectivity index (χ1v) is 2.68. The van der Waals surface area contributed by atoms with Crippen molar-refractivity contribution in [3.05, 3.63) is 25.1 Å². The molecule has 2 rings (SSSR count). The highest BCUT2D eigenvalue weighted by molar-refractivity contribution is 5.51. The fourth-order valence-electron chi connectivity index (χ4n) is 0.643. The van der Waals surface area contributed by atoms with Crippen molar-refractivity contribution in [2.45, 2.75) is 0 Å². The van der Waals surface area contributed by atoms with Gasteiger partial charge in [-0.05, 0) is 0 Å². The number of aromatic nitrogens is 2. The minimum Gasteiger partial charge on any atom is -0.443 e. The summed E-state index contributed by atoms with van der Waals surface area (Å²) in [6.45, 7) is 0. The van der Waals surface area contributed by atoms with Crippen LogP contribution in [0.5, 0.6) is 0 Å². The van der Waals surface area contributed by atoms with Crippen LogP contribution < -0.4 is 0 Å². The third-order valence-electron chi connectivity index (χ3n) is 1.09. The molecule has 2 heterocycles. The van der Waals surface area contributed by atoms with E-state index in [-0.39, 0.29) is 0 Å². The molecule has 0 spiro atoms. The molecule has 0 unspecified atom stereocenters. The van der Waals surface area contributed by atoms with Crippen LogP contribution >= 0.6 is 0 Å². The summed E-state index contributed by atoms with van der Waals surface area (Å²) < 4.78 is 9.48. The lowest BCUT2D eigenvalue weighted by Crippen LogP contribution is -1.64. The zero-order valence-corrected chi connectivity index (χ0v) is 4.94. The zero-order chi connectivity index (χ0) is 6.81. The van der Waals surface area contributed by atoms with Crippen molar-refractivity contribution < 1.29 is 8.94 Å². The second-order valence-electron chi connectivity index (χ2n) is 1.71. The molecule has 1 radical (unpaired) electrons. The molecule has 0 fully saturated rings. The first-order valence-electron chi connectivity index (χ1n) is 2.68. The molecule has 0 bridgehead atoms. The molecule has 2 aromatic rings. The molecule has 0 saturated carbocycles. The van der Waals surface area contributed by atoms with Crippen LogP contribution in [0.25, 0.3) is 11.3 Å². The molecule has 4 nitrogen and oxygen atoms in total. The monoisotopic (exact) mass is 135 g/mol. The van der Waals surface area contributed by atoms with Gasteiger partial charge >= 0.3 is 0 Å². The zero-order valence-electron chi connectivity index (χ0n) is 4.94. The molecule has 0 N–H and O–H groups in total. The normalized spacial score (nSPS) is 10.0. The van der Waals surface area contributed by atoms with Crippen molar-refractivity contribution in [3.8, 4) is 11.3 Å². The molecule has 4 heteroatoms. The molecule has 0 aliphatic rings. The number of hydrogen-bond acceptors (Lipinski definition) is 4. The van der Waals surface area contributed by atoms with Gasteiger partial charge in [0.25, 0.3) is 0 Å². The van der Waals surface area contributed by atoms with Gasteiger partial charge < -0.3 is 8.94 Å². The summed E-state index contributed by atoms with van der Waals surface area (Å²) in [7, 11) is 0. The summed E-state index contributed by atoms with van der Waals surface area (Å²) in [6.07, 6.45) is 6.95. The van der Waals surface area contributed by atoms with E-state index in [9.17, 15) is 0 Å². The smallest absolute Gasteiger partial charge is 0.181 e. The van der Waals surface area contributed by atoms with E-state index in [1.54, 1.807) is 6.20 Å². The molecule has 10 heavy (non-hydrogen) atoms. The Labute approximate surface area is 56.5 Å². The van der Waals surface area contributed by atoms with Gasteiger partial charge in [-0.1, -0.05) is 5.16 Å². The fourth-order valence-corrected chi connectivity index (χ4v) is 0.643. The molecule has 2 aromatic heterocycles. The highest BCUT2D eigenvalue weighted by Crippen LogP contribution is 2.15. The lowest BCUT2D eigenvalue weighted by atomic mass is 10.3. The van der Waals surface area contributed by atoms with Crippen LogP contribution in [0.3, 0.4) is 0 Å². The van der Waals surface area contributed by atoms with E-state index in [0.29, 0.717) is 11.3 Å². The Bertz CT molecular complexity index is 253. The maximum absolute atomic E-state index is 4.94. The van der Waals surface area contributed by atoms with Crippen molar-refractivity contribution in [1.82, 2.24) is 10.1 Å². The Morgan fingerprint density at radius 1 is 1.50 bits per heavy atom. The van der Waals surface area contributed by atoms with Crippen LogP contribution in [0.15, 0.2) is 27.8 Å². The average molecular weight is 135 g/mol. The molecule has 0 aliphatic carbocycles. The molecule has 0 aliphatic heterocycles. The topological polar surface area (TPSA) is 52.1 Å². The van der Waals surface area contributed by atoms with Crippen molar-refractivity contribution in [1.29, 1.82) is 0 Å². The molecular weight excluding hydrogens is 132 g/mol. The summed E-state index contributed by atoms with van der Waals surface area (Å²) >= 11 is 0. The van der Waals surface area contributed by atoms with Gasteiger partial charge in [0.2, 0.25) is 0 Å². The Balaban J connectivity index is 2.48. The van der Waals surface area contributed by atoms with E-state index in [4.69, 9.17) is 4.42 Å². The van der Waals surface area contributed by atoms with Gasteiger partial charge in [-0.25, -0.2) is 4.98 Å². The number of oxazole rings is 1. The predicted molar refractivity (Wildman–Crippen MR) is 30.8 cm³/mol. The fraction of sp³-hybridized carbons (Fsp3) is 0. The van der Waals surface area contributed by atoms with E-state index >= 15 is 0 Å². The van der Waals surface area contributed by atoms with Crippen LogP contribution in [0.2, 0.25) is 0 Å². The van der Waals surface area contributed by atoms with Crippen molar-refractivity contribution >= 4 is 0 Å². The molecule has 0 amide bonds. The third kappa shape index (κ3) is 0.699. The van der Waals surface area contributed by atoms with E-state index in [0.717, 1.165) is 0 Å². The lowest BCUT2D eigenvalue weighted by molar-refractivity contribution is 0.418. The highest BCUT2D eigenvalue weighted by atomic mass is 16.5. The quantitative estimate of drug-likeness (QED) is 0.588. The van der Waals surface area contributed by atoms with Crippen LogP contribution in [0.4, 0.5) is 0 Å². The van der Waals surface area contributed by atoms with Gasteiger partial charge in [-0.15, -0.1) is 0 Å². The standard InChI is InChI=1S/C6H3N2O2/c1-5(3-10-8-1)6-2-7-4-9-6/h2-4H. The van der Waals surface area contributed by atoms with Gasteiger partial charge in [0.15, 0.2) is 12.2 Å². The summed E-state index contributed by atoms with van der Waals surface area (Å²) in [5.41, 5.74) is 0.678. The van der Waals surface area contributed by atoms with Crippen molar-refractivity contribution in [3.63, 3.8) is 0 Å². The molecule has 0 saturated heterocycles. The Morgan fingerprint density at radius 2 is 2.50 bits per heavy atom. The van der Waals surface area contributed by atoms with E-state index in [2.05, 4.69) is 20.9 Å². The second-order valence-corrected chi connectivity index (χ2v) is 1.71. The van der Waals surface area contributed by atoms with Crippen LogP contribution in [0.1, 0.15) is 0 Å². The van der Waals surface area contributed by atoms with E-state index in [1.807, 2.05) is 0 Å². The Morgan fingerprint density at radius 3 is 3.10 bits per heavy atom. The average Bonchev–Trinajstić information content (AvgIpc) is 2.59. The number of hydrogen-bond donors (Lipinski definition) is 0. The van der Waals surface area contributed by atoms with E-state index < -0.39 is 0 Å². The van der Waals surface area contributed by atoms with Gasteiger partial charge in [0.1, 0.15) is 12.5 Å². The highest BCUT2D eigenvalue weighted by Gasteiger charge is 2.02. The minimum atomic E-state index is 0.612. The van der Waals surface area contributed by atoms with Crippen molar-refractivity contribution in [2.75, 3.05) is 0 Å². The SMILES string of the molecule is [c]1nocc1-c1cnco1. The number of nitrogens with zero attached hydrogens (tertiary/aromatic N) is 2. The summed E-state index contributed by atoms with van der Waals surface area (Å²) in [6, 6.07) is 0. The van der Waals surface area contributed by atoms with Crippen LogP contribution in [-0.4, -0.2) is 10.1 Å². The molecule has 0 aromatic carbocycles. The maximum Gasteiger partial charge on any atom is 0.181 e. The van der Waals surface area contributed by atoms with Gasteiger partial charge in [-0.3, -0.25) is 0 Å². The molecular formula is C6H3N2O2. The largest absolute Gasteiger partial charge is 0.443 e. The summed E-state index contributed by atoms with van der Waals surface area (Å²) in [4.78, 5) is 3.72. The maximum atomic E-state index is 4.94. The van der Waals surface area contributed by atoms with Gasteiger partial charge in [-0.2, -0.15) is 0 Å². The Hall–Kier alpha value is -1.58.